The van der Waals surface area contributed by atoms with Crippen molar-refractivity contribution < 1.29 is 9.13 Å². The van der Waals surface area contributed by atoms with E-state index in [0.717, 1.165) is 27.5 Å². The lowest BCUT2D eigenvalue weighted by Gasteiger charge is -2.18. The lowest BCUT2D eigenvalue weighted by molar-refractivity contribution is 0.102. The first-order valence-corrected chi connectivity index (χ1v) is 7.69. The third-order valence-electron chi connectivity index (χ3n) is 3.78. The minimum Gasteiger partial charge on any atom is -0.475 e. The van der Waals surface area contributed by atoms with E-state index in [1.165, 1.54) is 15.7 Å². The zero-order valence-electron chi connectivity index (χ0n) is 13.4. The zero-order chi connectivity index (χ0) is 16.7. The van der Waals surface area contributed by atoms with Gasteiger partial charge in [0.05, 0.1) is 11.7 Å². The molecule has 116 valence electrons. The number of aromatic nitrogens is 3. The highest BCUT2D eigenvalue weighted by molar-refractivity contribution is 6.37. The lowest BCUT2D eigenvalue weighted by Crippen LogP contribution is -2.31. The number of hydrogen-bond donors (Lipinski definition) is 0. The molecule has 1 aromatic carbocycles. The standard InChI is InChI=1S/C17H14B2FN3O/c18-17(19,20)24-14-2-1-12-8-16(22-9-13(12)7-14)23-6-4-11-3-5-21-10-15(11)23/h1-10H,18-19H2. The second-order valence-electron chi connectivity index (χ2n) is 6.14. The largest absolute Gasteiger partial charge is 0.475 e. The summed E-state index contributed by atoms with van der Waals surface area (Å²) in [6.07, 6.45) is 7.34. The molecule has 0 aliphatic carbocycles. The number of halogens is 1. The maximum absolute atomic E-state index is 13.6. The van der Waals surface area contributed by atoms with Crippen LogP contribution in [0.5, 0.6) is 5.75 Å². The van der Waals surface area contributed by atoms with E-state index >= 15 is 0 Å². The number of fused-ring (bicyclic) bond motifs is 2. The van der Waals surface area contributed by atoms with Gasteiger partial charge >= 0.3 is 0 Å². The predicted octanol–water partition coefficient (Wildman–Crippen LogP) is 1.80. The highest BCUT2D eigenvalue weighted by Crippen LogP contribution is 2.25. The second kappa shape index (κ2) is 5.37. The summed E-state index contributed by atoms with van der Waals surface area (Å²) in [6, 6.07) is 11.5. The summed E-state index contributed by atoms with van der Waals surface area (Å²) >= 11 is 0. The average Bonchev–Trinajstić information content (AvgIpc) is 2.97. The van der Waals surface area contributed by atoms with Crippen LogP contribution in [0, 0.1) is 0 Å². The molecule has 0 saturated carbocycles. The average molecular weight is 317 g/mol. The van der Waals surface area contributed by atoms with E-state index in [0.29, 0.717) is 5.75 Å². The first kappa shape index (κ1) is 14.8. The number of ether oxygens (including phenoxy) is 1. The van der Waals surface area contributed by atoms with Crippen molar-refractivity contribution in [3.05, 3.63) is 61.2 Å². The fourth-order valence-corrected chi connectivity index (χ4v) is 2.76. The van der Waals surface area contributed by atoms with Gasteiger partial charge in [-0.1, -0.05) is 6.07 Å². The van der Waals surface area contributed by atoms with E-state index in [4.69, 9.17) is 4.74 Å². The number of pyridine rings is 2. The molecule has 0 unspecified atom stereocenters. The summed E-state index contributed by atoms with van der Waals surface area (Å²) in [6.45, 7) is 0. The Bertz CT molecular complexity index is 1040. The van der Waals surface area contributed by atoms with E-state index in [-0.39, 0.29) is 0 Å². The van der Waals surface area contributed by atoms with Crippen LogP contribution in [0.2, 0.25) is 0 Å². The summed E-state index contributed by atoms with van der Waals surface area (Å²) < 4.78 is 20.9. The Morgan fingerprint density at radius 2 is 1.88 bits per heavy atom. The third kappa shape index (κ3) is 2.73. The van der Waals surface area contributed by atoms with Gasteiger partial charge in [-0.3, -0.25) is 9.55 Å². The van der Waals surface area contributed by atoms with E-state index in [9.17, 15) is 4.39 Å². The molecular formula is C17H14B2FN3O. The number of alkyl halides is 1. The number of nitrogens with zero attached hydrogens (tertiary/aromatic N) is 3. The molecule has 0 N–H and O–H groups in total. The fourth-order valence-electron chi connectivity index (χ4n) is 2.76. The van der Waals surface area contributed by atoms with Crippen LogP contribution >= 0.6 is 0 Å². The van der Waals surface area contributed by atoms with Crippen LogP contribution in [-0.2, 0) is 0 Å². The van der Waals surface area contributed by atoms with Crippen LogP contribution in [0.3, 0.4) is 0 Å². The maximum Gasteiger partial charge on any atom is 0.188 e. The van der Waals surface area contributed by atoms with Gasteiger partial charge < -0.3 is 4.74 Å². The second-order valence-corrected chi connectivity index (χ2v) is 6.14. The van der Waals surface area contributed by atoms with Crippen LogP contribution in [0.15, 0.2) is 61.2 Å². The Labute approximate surface area is 140 Å². The molecular weight excluding hydrogens is 303 g/mol. The molecule has 4 nitrogen and oxygen atoms in total. The normalized spacial score (nSPS) is 11.9. The third-order valence-corrected chi connectivity index (χ3v) is 3.78. The van der Waals surface area contributed by atoms with Gasteiger partial charge in [0.1, 0.15) is 11.6 Å². The van der Waals surface area contributed by atoms with Crippen LogP contribution < -0.4 is 4.74 Å². The highest BCUT2D eigenvalue weighted by atomic mass is 19.2. The Hall–Kier alpha value is -2.82. The van der Waals surface area contributed by atoms with Crippen molar-refractivity contribution in [1.29, 1.82) is 0 Å². The molecule has 4 rings (SSSR count). The molecule has 0 radical (unpaired) electrons. The number of benzene rings is 1. The van der Waals surface area contributed by atoms with Gasteiger partial charge in [0, 0.05) is 29.4 Å². The summed E-state index contributed by atoms with van der Waals surface area (Å²) in [5, 5.41) is 3.02. The molecule has 3 aromatic heterocycles. The van der Waals surface area contributed by atoms with Gasteiger partial charge in [0.15, 0.2) is 21.3 Å². The molecule has 0 bridgehead atoms. The van der Waals surface area contributed by atoms with Gasteiger partial charge in [-0.05, 0) is 35.7 Å². The van der Waals surface area contributed by atoms with Crippen LogP contribution in [-0.4, -0.2) is 35.9 Å². The van der Waals surface area contributed by atoms with Crippen LogP contribution in [0.1, 0.15) is 0 Å². The fraction of sp³-hybridized carbons (Fsp3) is 0.0588. The highest BCUT2D eigenvalue weighted by Gasteiger charge is 2.17. The molecule has 3 heterocycles. The SMILES string of the molecule is BC(B)(F)Oc1ccc2cc(-n3ccc4ccncc43)ncc2c1. The van der Waals surface area contributed by atoms with E-state index in [1.54, 1.807) is 24.5 Å². The van der Waals surface area contributed by atoms with Crippen molar-refractivity contribution in [3.63, 3.8) is 0 Å². The topological polar surface area (TPSA) is 39.9 Å². The Morgan fingerprint density at radius 3 is 2.71 bits per heavy atom. The predicted molar refractivity (Wildman–Crippen MR) is 97.9 cm³/mol. The molecule has 0 fully saturated rings. The molecule has 0 spiro atoms. The van der Waals surface area contributed by atoms with Gasteiger partial charge in [0.2, 0.25) is 0 Å². The van der Waals surface area contributed by atoms with Crippen molar-refractivity contribution in [2.24, 2.45) is 0 Å². The summed E-state index contributed by atoms with van der Waals surface area (Å²) in [5.74, 6) is 1.30. The number of hydrogen-bond acceptors (Lipinski definition) is 3. The van der Waals surface area contributed by atoms with Gasteiger partial charge in [-0.2, -0.15) is 0 Å². The summed E-state index contributed by atoms with van der Waals surface area (Å²) in [7, 11) is 2.76. The van der Waals surface area contributed by atoms with Gasteiger partial charge in [-0.15, -0.1) is 0 Å². The maximum atomic E-state index is 13.6. The van der Waals surface area contributed by atoms with Crippen LogP contribution in [0.25, 0.3) is 27.5 Å². The molecule has 0 atom stereocenters. The Kier molecular flexibility index (Phi) is 3.30. The van der Waals surface area contributed by atoms with Gasteiger partial charge in [0.25, 0.3) is 0 Å². The van der Waals surface area contributed by atoms with Crippen molar-refractivity contribution in [2.75, 3.05) is 0 Å². The quantitative estimate of drug-likeness (QED) is 0.541. The Morgan fingerprint density at radius 1 is 1.00 bits per heavy atom. The molecule has 0 saturated heterocycles. The molecule has 0 aliphatic heterocycles. The van der Waals surface area contributed by atoms with Crippen molar-refractivity contribution in [2.45, 2.75) is 5.65 Å². The molecule has 4 aromatic rings. The lowest BCUT2D eigenvalue weighted by atomic mass is 9.78. The minimum atomic E-state index is -1.71. The summed E-state index contributed by atoms with van der Waals surface area (Å²) in [4.78, 5) is 8.70. The molecule has 24 heavy (non-hydrogen) atoms. The first-order chi connectivity index (χ1) is 11.5. The van der Waals surface area contributed by atoms with Crippen molar-refractivity contribution >= 4 is 37.4 Å². The number of rotatable bonds is 3. The monoisotopic (exact) mass is 317 g/mol. The zero-order valence-corrected chi connectivity index (χ0v) is 13.4. The van der Waals surface area contributed by atoms with Crippen LogP contribution in [0.4, 0.5) is 4.39 Å². The minimum absolute atomic E-state index is 0.486. The van der Waals surface area contributed by atoms with Crippen molar-refractivity contribution in [3.8, 4) is 11.6 Å². The molecule has 0 aliphatic rings. The van der Waals surface area contributed by atoms with E-state index < -0.39 is 5.65 Å². The smallest absolute Gasteiger partial charge is 0.188 e. The Balaban J connectivity index is 1.77. The van der Waals surface area contributed by atoms with Gasteiger partial charge in [-0.25, -0.2) is 9.37 Å². The van der Waals surface area contributed by atoms with E-state index in [2.05, 4.69) is 9.97 Å². The van der Waals surface area contributed by atoms with E-state index in [1.807, 2.05) is 41.2 Å². The first-order valence-electron chi connectivity index (χ1n) is 7.69. The summed E-state index contributed by atoms with van der Waals surface area (Å²) in [5.41, 5.74) is -0.707. The molecule has 7 heteroatoms. The van der Waals surface area contributed by atoms with Crippen molar-refractivity contribution in [1.82, 2.24) is 14.5 Å². The molecule has 0 amide bonds.